The van der Waals surface area contributed by atoms with E-state index in [4.69, 9.17) is 4.74 Å². The Bertz CT molecular complexity index is 468. The maximum Gasteiger partial charge on any atom is 0.332 e. The molecule has 1 amide bonds. The van der Waals surface area contributed by atoms with Crippen molar-refractivity contribution in [2.24, 2.45) is 0 Å². The monoisotopic (exact) mass is 319 g/mol. The summed E-state index contributed by atoms with van der Waals surface area (Å²) in [6.07, 6.45) is 0. The molecule has 0 radical (unpaired) electrons. The van der Waals surface area contributed by atoms with E-state index in [-0.39, 0.29) is 6.61 Å². The molecule has 0 bridgehead atoms. The molecule has 1 aromatic carbocycles. The molecular weight excluding hydrogens is 304 g/mol. The van der Waals surface area contributed by atoms with Crippen molar-refractivity contribution >= 4 is 29.3 Å². The van der Waals surface area contributed by atoms with Crippen molar-refractivity contribution in [1.29, 1.82) is 0 Å². The molecule has 0 heterocycles. The van der Waals surface area contributed by atoms with Gasteiger partial charge in [-0.3, -0.25) is 4.79 Å². The second-order valence-electron chi connectivity index (χ2n) is 3.75. The third kappa shape index (κ3) is 7.62. The van der Waals surface area contributed by atoms with Crippen LogP contribution in [0.4, 0.5) is 14.5 Å². The van der Waals surface area contributed by atoms with Crippen molar-refractivity contribution in [2.45, 2.75) is 17.6 Å². The van der Waals surface area contributed by atoms with E-state index < -0.39 is 24.2 Å². The van der Waals surface area contributed by atoms with Gasteiger partial charge in [-0.2, -0.15) is 8.78 Å². The number of anilines is 1. The Morgan fingerprint density at radius 3 is 2.48 bits per heavy atom. The smallest absolute Gasteiger partial charge is 0.332 e. The molecule has 0 saturated carbocycles. The summed E-state index contributed by atoms with van der Waals surface area (Å²) < 4.78 is 33.8. The third-order valence-electron chi connectivity index (χ3n) is 2.15. The topological polar surface area (TPSA) is 64.6 Å². The molecule has 0 atom stereocenters. The summed E-state index contributed by atoms with van der Waals surface area (Å²) in [5.74, 6) is -3.64. The second-order valence-corrected chi connectivity index (χ2v) is 4.81. The minimum atomic E-state index is -2.49. The van der Waals surface area contributed by atoms with Crippen LogP contribution in [-0.2, 0) is 19.1 Å². The van der Waals surface area contributed by atoms with Gasteiger partial charge in [-0.15, -0.1) is 0 Å². The van der Waals surface area contributed by atoms with Crippen LogP contribution in [-0.4, -0.2) is 37.5 Å². The molecule has 1 aromatic rings. The zero-order valence-corrected chi connectivity index (χ0v) is 12.1. The van der Waals surface area contributed by atoms with Gasteiger partial charge in [-0.1, -0.05) is 11.8 Å². The molecular formula is C13H15F2NO4S. The minimum Gasteiger partial charge on any atom is -0.454 e. The van der Waals surface area contributed by atoms with E-state index >= 15 is 0 Å². The zero-order chi connectivity index (χ0) is 15.7. The molecule has 8 heteroatoms. The van der Waals surface area contributed by atoms with Crippen molar-refractivity contribution in [3.63, 3.8) is 0 Å². The molecule has 0 unspecified atom stereocenters. The Morgan fingerprint density at radius 1 is 1.24 bits per heavy atom. The predicted molar refractivity (Wildman–Crippen MR) is 74.4 cm³/mol. The minimum absolute atomic E-state index is 0.205. The fourth-order valence-electron chi connectivity index (χ4n) is 1.29. The predicted octanol–water partition coefficient (Wildman–Crippen LogP) is 2.52. The average Bonchev–Trinajstić information content (AvgIpc) is 2.44. The Balaban J connectivity index is 2.35. The van der Waals surface area contributed by atoms with E-state index in [2.05, 4.69) is 10.1 Å². The number of thioether (sulfide) groups is 1. The number of alkyl halides is 2. The maximum atomic E-state index is 12.1. The summed E-state index contributed by atoms with van der Waals surface area (Å²) >= 11 is 0.418. The first-order valence-electron chi connectivity index (χ1n) is 6.09. The lowest BCUT2D eigenvalue weighted by atomic mass is 10.3. The molecule has 0 aliphatic heterocycles. The van der Waals surface area contributed by atoms with Crippen molar-refractivity contribution < 1.29 is 27.8 Å². The highest BCUT2D eigenvalue weighted by Crippen LogP contribution is 2.26. The number of rotatable bonds is 8. The number of nitrogens with one attached hydrogen (secondary N) is 1. The van der Waals surface area contributed by atoms with E-state index in [0.717, 1.165) is 0 Å². The summed E-state index contributed by atoms with van der Waals surface area (Å²) in [6.45, 7) is 1.48. The average molecular weight is 319 g/mol. The summed E-state index contributed by atoms with van der Waals surface area (Å²) in [4.78, 5) is 23.0. The van der Waals surface area contributed by atoms with Crippen LogP contribution in [0.1, 0.15) is 6.92 Å². The Kier molecular flexibility index (Phi) is 7.70. The van der Waals surface area contributed by atoms with Gasteiger partial charge < -0.3 is 14.8 Å². The van der Waals surface area contributed by atoms with Gasteiger partial charge in [0.15, 0.2) is 6.61 Å². The van der Waals surface area contributed by atoms with Gasteiger partial charge in [0, 0.05) is 17.2 Å². The lowest BCUT2D eigenvalue weighted by molar-refractivity contribution is -0.151. The van der Waals surface area contributed by atoms with Gasteiger partial charge in [-0.05, 0) is 31.2 Å². The second kappa shape index (κ2) is 9.30. The van der Waals surface area contributed by atoms with E-state index in [1.807, 2.05) is 0 Å². The van der Waals surface area contributed by atoms with Crippen LogP contribution in [0.15, 0.2) is 29.2 Å². The van der Waals surface area contributed by atoms with Crippen molar-refractivity contribution in [1.82, 2.24) is 0 Å². The van der Waals surface area contributed by atoms with Gasteiger partial charge in [-0.25, -0.2) is 4.79 Å². The number of benzene rings is 1. The summed E-state index contributed by atoms with van der Waals surface area (Å²) in [7, 11) is 0. The first kappa shape index (κ1) is 17.4. The Labute approximate surface area is 125 Å². The number of hydrogen-bond donors (Lipinski definition) is 1. The highest BCUT2D eigenvalue weighted by molar-refractivity contribution is 7.99. The number of carbonyl (C=O) groups is 2. The van der Waals surface area contributed by atoms with Gasteiger partial charge in [0.1, 0.15) is 6.61 Å². The summed E-state index contributed by atoms with van der Waals surface area (Å²) in [6, 6.07) is 5.91. The number of hydrogen-bond acceptors (Lipinski definition) is 5. The number of carbonyl (C=O) groups excluding carboxylic acids is 2. The molecule has 0 aromatic heterocycles. The summed E-state index contributed by atoms with van der Waals surface area (Å²) in [5, 5.41) is 2.48. The van der Waals surface area contributed by atoms with Crippen LogP contribution in [0, 0.1) is 0 Å². The fourth-order valence-corrected chi connectivity index (χ4v) is 1.79. The molecule has 0 aliphatic rings. The third-order valence-corrected chi connectivity index (χ3v) is 2.87. The molecule has 5 nitrogen and oxygen atoms in total. The van der Waals surface area contributed by atoms with Gasteiger partial charge in [0.05, 0.1) is 0 Å². The SMILES string of the molecule is CCOCC(=O)OCC(=O)Nc1ccc(SC(F)F)cc1. The number of ether oxygens (including phenoxy) is 2. The molecule has 0 saturated heterocycles. The lowest BCUT2D eigenvalue weighted by Crippen LogP contribution is -2.22. The highest BCUT2D eigenvalue weighted by atomic mass is 32.2. The van der Waals surface area contributed by atoms with E-state index in [9.17, 15) is 18.4 Å². The Hall–Kier alpha value is -1.67. The summed E-state index contributed by atoms with van der Waals surface area (Å²) in [5.41, 5.74) is 0.430. The van der Waals surface area contributed by atoms with Crippen LogP contribution in [0.25, 0.3) is 0 Å². The highest BCUT2D eigenvalue weighted by Gasteiger charge is 2.09. The van der Waals surface area contributed by atoms with Crippen LogP contribution < -0.4 is 5.32 Å². The first-order valence-corrected chi connectivity index (χ1v) is 6.97. The molecule has 0 aliphatic carbocycles. The Morgan fingerprint density at radius 2 is 1.90 bits per heavy atom. The normalized spacial score (nSPS) is 10.5. The van der Waals surface area contributed by atoms with E-state index in [0.29, 0.717) is 29.0 Å². The fraction of sp³-hybridized carbons (Fsp3) is 0.385. The largest absolute Gasteiger partial charge is 0.454 e. The van der Waals surface area contributed by atoms with Crippen LogP contribution in [0.2, 0.25) is 0 Å². The van der Waals surface area contributed by atoms with Crippen molar-refractivity contribution in [3.05, 3.63) is 24.3 Å². The number of halogens is 2. The van der Waals surface area contributed by atoms with E-state index in [1.165, 1.54) is 24.3 Å². The molecule has 1 rings (SSSR count). The molecule has 21 heavy (non-hydrogen) atoms. The number of esters is 1. The zero-order valence-electron chi connectivity index (χ0n) is 11.3. The lowest BCUT2D eigenvalue weighted by Gasteiger charge is -2.07. The van der Waals surface area contributed by atoms with E-state index in [1.54, 1.807) is 6.92 Å². The first-order chi connectivity index (χ1) is 10.0. The quantitative estimate of drug-likeness (QED) is 0.589. The van der Waals surface area contributed by atoms with Crippen molar-refractivity contribution in [2.75, 3.05) is 25.1 Å². The maximum absolute atomic E-state index is 12.1. The van der Waals surface area contributed by atoms with Crippen LogP contribution in [0.5, 0.6) is 0 Å². The van der Waals surface area contributed by atoms with Gasteiger partial charge in [0.2, 0.25) is 0 Å². The molecule has 0 fully saturated rings. The number of amides is 1. The van der Waals surface area contributed by atoms with Crippen molar-refractivity contribution in [3.8, 4) is 0 Å². The van der Waals surface area contributed by atoms with Crippen LogP contribution >= 0.6 is 11.8 Å². The van der Waals surface area contributed by atoms with Gasteiger partial charge in [0.25, 0.3) is 11.7 Å². The molecule has 1 N–H and O–H groups in total. The van der Waals surface area contributed by atoms with Gasteiger partial charge >= 0.3 is 5.97 Å². The van der Waals surface area contributed by atoms with Crippen LogP contribution in [0.3, 0.4) is 0 Å². The molecule has 116 valence electrons. The standard InChI is InChI=1S/C13H15F2NO4S/c1-2-19-8-12(18)20-7-11(17)16-9-3-5-10(6-4-9)21-13(14)15/h3-6,13H,2,7-8H2,1H3,(H,16,17). The molecule has 0 spiro atoms.